The summed E-state index contributed by atoms with van der Waals surface area (Å²) in [7, 11) is 0. The number of hydrogen-bond donors (Lipinski definition) is 1. The highest BCUT2D eigenvalue weighted by Gasteiger charge is 2.09. The Bertz CT molecular complexity index is 335. The first-order valence-corrected chi connectivity index (χ1v) is 6.53. The summed E-state index contributed by atoms with van der Waals surface area (Å²) in [5.41, 5.74) is 0.807. The van der Waals surface area contributed by atoms with Crippen molar-refractivity contribution < 1.29 is 4.39 Å². The largest absolute Gasteiger partial charge is 0.315 e. The van der Waals surface area contributed by atoms with Crippen LogP contribution in [0.1, 0.15) is 18.4 Å². The third-order valence-corrected chi connectivity index (χ3v) is 3.33. The molecule has 0 amide bonds. The number of nitrogens with one attached hydrogen (secondary N) is 1. The van der Waals surface area contributed by atoms with Gasteiger partial charge in [0.25, 0.3) is 0 Å². The molecule has 0 aromatic heterocycles. The molecule has 1 aromatic rings. The average Bonchev–Trinajstić information content (AvgIpc) is 2.84. The summed E-state index contributed by atoms with van der Waals surface area (Å²) in [5.74, 6) is -0.0890. The lowest BCUT2D eigenvalue weighted by Crippen LogP contribution is -2.31. The first-order valence-electron chi connectivity index (χ1n) is 6.53. The molecule has 0 unspecified atom stereocenters. The minimum Gasteiger partial charge on any atom is -0.315 e. The average molecular weight is 236 g/mol. The Morgan fingerprint density at radius 2 is 1.88 bits per heavy atom. The van der Waals surface area contributed by atoms with Crippen molar-refractivity contribution in [2.75, 3.05) is 32.7 Å². The van der Waals surface area contributed by atoms with Gasteiger partial charge in [0.05, 0.1) is 0 Å². The van der Waals surface area contributed by atoms with Crippen molar-refractivity contribution in [2.45, 2.75) is 19.3 Å². The highest BCUT2D eigenvalue weighted by Crippen LogP contribution is 2.07. The van der Waals surface area contributed by atoms with Crippen LogP contribution in [0.5, 0.6) is 0 Å². The molecule has 1 heterocycles. The molecule has 0 aliphatic carbocycles. The fraction of sp³-hybridized carbons (Fsp3) is 0.571. The highest BCUT2D eigenvalue weighted by atomic mass is 19.1. The zero-order chi connectivity index (χ0) is 11.9. The van der Waals surface area contributed by atoms with Gasteiger partial charge in [-0.05, 0) is 50.5 Å². The van der Waals surface area contributed by atoms with Gasteiger partial charge in [0.1, 0.15) is 5.82 Å². The van der Waals surface area contributed by atoms with Gasteiger partial charge in [-0.2, -0.15) is 0 Å². The second kappa shape index (κ2) is 6.72. The Kier molecular flexibility index (Phi) is 4.95. The van der Waals surface area contributed by atoms with Crippen LogP contribution >= 0.6 is 0 Å². The SMILES string of the molecule is Fc1ccccc1CCNCCN1CCCC1. The van der Waals surface area contributed by atoms with E-state index in [1.165, 1.54) is 32.0 Å². The van der Waals surface area contributed by atoms with E-state index in [4.69, 9.17) is 0 Å². The third-order valence-electron chi connectivity index (χ3n) is 3.33. The van der Waals surface area contributed by atoms with E-state index >= 15 is 0 Å². The zero-order valence-electron chi connectivity index (χ0n) is 10.3. The fourth-order valence-corrected chi connectivity index (χ4v) is 2.29. The van der Waals surface area contributed by atoms with Crippen LogP contribution in [0.25, 0.3) is 0 Å². The molecule has 0 radical (unpaired) electrons. The maximum atomic E-state index is 13.3. The smallest absolute Gasteiger partial charge is 0.126 e. The van der Waals surface area contributed by atoms with Crippen molar-refractivity contribution in [2.24, 2.45) is 0 Å². The van der Waals surface area contributed by atoms with Gasteiger partial charge < -0.3 is 10.2 Å². The predicted molar refractivity (Wildman–Crippen MR) is 68.6 cm³/mol. The van der Waals surface area contributed by atoms with Crippen LogP contribution in [0.2, 0.25) is 0 Å². The summed E-state index contributed by atoms with van der Waals surface area (Å²) in [6.07, 6.45) is 3.46. The molecule has 94 valence electrons. The van der Waals surface area contributed by atoms with E-state index in [1.807, 2.05) is 12.1 Å². The predicted octanol–water partition coefficient (Wildman–Crippen LogP) is 2.05. The van der Waals surface area contributed by atoms with Crippen LogP contribution in [-0.2, 0) is 6.42 Å². The minimum absolute atomic E-state index is 0.0890. The highest BCUT2D eigenvalue weighted by molar-refractivity contribution is 5.17. The molecular weight excluding hydrogens is 215 g/mol. The molecular formula is C14H21FN2. The molecule has 1 aliphatic heterocycles. The summed E-state index contributed by atoms with van der Waals surface area (Å²) >= 11 is 0. The number of likely N-dealkylation sites (tertiary alicyclic amines) is 1. The fourth-order valence-electron chi connectivity index (χ4n) is 2.29. The van der Waals surface area contributed by atoms with Crippen molar-refractivity contribution in [1.29, 1.82) is 0 Å². The molecule has 1 saturated heterocycles. The van der Waals surface area contributed by atoms with E-state index in [2.05, 4.69) is 10.2 Å². The number of hydrogen-bond acceptors (Lipinski definition) is 2. The molecule has 1 aliphatic rings. The maximum absolute atomic E-state index is 13.3. The zero-order valence-corrected chi connectivity index (χ0v) is 10.3. The summed E-state index contributed by atoms with van der Waals surface area (Å²) in [6.45, 7) is 5.48. The molecule has 2 rings (SSSR count). The standard InChI is InChI=1S/C14H21FN2/c15-14-6-2-1-5-13(14)7-8-16-9-12-17-10-3-4-11-17/h1-2,5-6,16H,3-4,7-12H2. The molecule has 17 heavy (non-hydrogen) atoms. The summed E-state index contributed by atoms with van der Waals surface area (Å²) in [6, 6.07) is 7.01. The van der Waals surface area contributed by atoms with Crippen LogP contribution in [0.15, 0.2) is 24.3 Å². The lowest BCUT2D eigenvalue weighted by molar-refractivity contribution is 0.336. The Balaban J connectivity index is 1.58. The lowest BCUT2D eigenvalue weighted by atomic mass is 10.1. The first kappa shape index (κ1) is 12.5. The topological polar surface area (TPSA) is 15.3 Å². The molecule has 1 N–H and O–H groups in total. The summed E-state index contributed by atoms with van der Waals surface area (Å²) in [5, 5.41) is 3.38. The van der Waals surface area contributed by atoms with Crippen LogP contribution in [0.4, 0.5) is 4.39 Å². The van der Waals surface area contributed by atoms with Gasteiger partial charge in [0.15, 0.2) is 0 Å². The second-order valence-electron chi connectivity index (χ2n) is 4.64. The van der Waals surface area contributed by atoms with Crippen molar-refractivity contribution in [3.63, 3.8) is 0 Å². The van der Waals surface area contributed by atoms with E-state index in [-0.39, 0.29) is 5.82 Å². The maximum Gasteiger partial charge on any atom is 0.126 e. The van der Waals surface area contributed by atoms with E-state index < -0.39 is 0 Å². The summed E-state index contributed by atoms with van der Waals surface area (Å²) < 4.78 is 13.3. The first-order chi connectivity index (χ1) is 8.36. The van der Waals surface area contributed by atoms with E-state index in [1.54, 1.807) is 6.07 Å². The second-order valence-corrected chi connectivity index (χ2v) is 4.64. The monoisotopic (exact) mass is 236 g/mol. The summed E-state index contributed by atoms with van der Waals surface area (Å²) in [4.78, 5) is 2.48. The van der Waals surface area contributed by atoms with Gasteiger partial charge in [-0.25, -0.2) is 4.39 Å². The Morgan fingerprint density at radius 1 is 1.12 bits per heavy atom. The van der Waals surface area contributed by atoms with E-state index in [9.17, 15) is 4.39 Å². The van der Waals surface area contributed by atoms with Crippen molar-refractivity contribution in [3.8, 4) is 0 Å². The van der Waals surface area contributed by atoms with Gasteiger partial charge in [0, 0.05) is 13.1 Å². The van der Waals surface area contributed by atoms with Crippen molar-refractivity contribution in [1.82, 2.24) is 10.2 Å². The number of halogens is 1. The molecule has 3 heteroatoms. The molecule has 0 atom stereocenters. The van der Waals surface area contributed by atoms with Gasteiger partial charge in [-0.3, -0.25) is 0 Å². The molecule has 2 nitrogen and oxygen atoms in total. The quantitative estimate of drug-likeness (QED) is 0.761. The van der Waals surface area contributed by atoms with Crippen LogP contribution in [-0.4, -0.2) is 37.6 Å². The molecule has 0 spiro atoms. The van der Waals surface area contributed by atoms with Crippen molar-refractivity contribution >= 4 is 0 Å². The molecule has 0 bridgehead atoms. The third kappa shape index (κ3) is 4.10. The van der Waals surface area contributed by atoms with Gasteiger partial charge in [-0.15, -0.1) is 0 Å². The van der Waals surface area contributed by atoms with Crippen LogP contribution in [0, 0.1) is 5.82 Å². The Labute approximate surface area is 103 Å². The molecule has 1 aromatic carbocycles. The van der Waals surface area contributed by atoms with Crippen LogP contribution < -0.4 is 5.32 Å². The minimum atomic E-state index is -0.0890. The van der Waals surface area contributed by atoms with Gasteiger partial charge in [-0.1, -0.05) is 18.2 Å². The van der Waals surface area contributed by atoms with Gasteiger partial charge >= 0.3 is 0 Å². The Hall–Kier alpha value is -0.930. The van der Waals surface area contributed by atoms with Crippen LogP contribution in [0.3, 0.4) is 0 Å². The van der Waals surface area contributed by atoms with Crippen molar-refractivity contribution in [3.05, 3.63) is 35.6 Å². The number of rotatable bonds is 6. The van der Waals surface area contributed by atoms with Gasteiger partial charge in [0.2, 0.25) is 0 Å². The Morgan fingerprint density at radius 3 is 2.65 bits per heavy atom. The number of benzene rings is 1. The van der Waals surface area contributed by atoms with E-state index in [0.29, 0.717) is 0 Å². The molecule has 1 fully saturated rings. The van der Waals surface area contributed by atoms with E-state index in [0.717, 1.165) is 31.6 Å². The lowest BCUT2D eigenvalue weighted by Gasteiger charge is -2.14. The molecule has 0 saturated carbocycles. The number of nitrogens with zero attached hydrogens (tertiary/aromatic N) is 1. The normalized spacial score (nSPS) is 16.5.